The lowest BCUT2D eigenvalue weighted by atomic mass is 10.1. The van der Waals surface area contributed by atoms with Crippen LogP contribution in [-0.4, -0.2) is 28.8 Å². The van der Waals surface area contributed by atoms with Gasteiger partial charge in [-0.25, -0.2) is 0 Å². The maximum Gasteiger partial charge on any atom is 0.270 e. The van der Waals surface area contributed by atoms with E-state index in [1.54, 1.807) is 29.2 Å². The van der Waals surface area contributed by atoms with Crippen LogP contribution in [-0.2, 0) is 4.79 Å². The molecule has 0 N–H and O–H groups in total. The van der Waals surface area contributed by atoms with Gasteiger partial charge in [0.2, 0.25) is 0 Å². The number of nitrogens with zero attached hydrogens (tertiary/aromatic N) is 3. The molecule has 1 aromatic carbocycles. The SMILES string of the molecule is N#C/C(=C\c1ccc(-c2cccc([N+](=O)[O-])c2)o1)C(=O)N1CCCC1. The molecule has 3 rings (SSSR count). The highest BCUT2D eigenvalue weighted by molar-refractivity contribution is 6.01. The molecule has 0 radical (unpaired) electrons. The molecule has 126 valence electrons. The monoisotopic (exact) mass is 337 g/mol. The zero-order chi connectivity index (χ0) is 17.8. The maximum absolute atomic E-state index is 12.3. The van der Waals surface area contributed by atoms with Gasteiger partial charge in [0.15, 0.2) is 0 Å². The highest BCUT2D eigenvalue weighted by atomic mass is 16.6. The number of furan rings is 1. The number of carbonyl (C=O) groups is 1. The molecule has 1 fully saturated rings. The van der Waals surface area contributed by atoms with Gasteiger partial charge in [0.25, 0.3) is 11.6 Å². The van der Waals surface area contributed by atoms with Crippen molar-refractivity contribution in [3.63, 3.8) is 0 Å². The van der Waals surface area contributed by atoms with Crippen molar-refractivity contribution in [3.8, 4) is 17.4 Å². The van der Waals surface area contributed by atoms with E-state index in [9.17, 15) is 20.2 Å². The number of nitro benzene ring substituents is 1. The van der Waals surface area contributed by atoms with Crippen LogP contribution in [0, 0.1) is 21.4 Å². The third-order valence-corrected chi connectivity index (χ3v) is 4.00. The summed E-state index contributed by atoms with van der Waals surface area (Å²) >= 11 is 0. The summed E-state index contributed by atoms with van der Waals surface area (Å²) in [4.78, 5) is 24.3. The fourth-order valence-electron chi connectivity index (χ4n) is 2.73. The smallest absolute Gasteiger partial charge is 0.270 e. The van der Waals surface area contributed by atoms with Crippen LogP contribution in [0.15, 0.2) is 46.4 Å². The third-order valence-electron chi connectivity index (χ3n) is 4.00. The summed E-state index contributed by atoms with van der Waals surface area (Å²) in [5.41, 5.74) is 0.535. The third kappa shape index (κ3) is 3.58. The summed E-state index contributed by atoms with van der Waals surface area (Å²) in [6.07, 6.45) is 3.30. The van der Waals surface area contributed by atoms with E-state index in [0.29, 0.717) is 30.2 Å². The minimum absolute atomic E-state index is 0.0156. The lowest BCUT2D eigenvalue weighted by Crippen LogP contribution is -2.28. The number of likely N-dealkylation sites (tertiary alicyclic amines) is 1. The molecule has 2 aromatic rings. The predicted octanol–water partition coefficient (Wildman–Crippen LogP) is 3.38. The molecular formula is C18H15N3O4. The number of rotatable bonds is 4. The van der Waals surface area contributed by atoms with E-state index >= 15 is 0 Å². The first-order valence-electron chi connectivity index (χ1n) is 7.84. The van der Waals surface area contributed by atoms with Crippen LogP contribution >= 0.6 is 0 Å². The Kier molecular flexibility index (Phi) is 4.61. The zero-order valence-corrected chi connectivity index (χ0v) is 13.3. The van der Waals surface area contributed by atoms with Crippen LogP contribution in [0.4, 0.5) is 5.69 Å². The molecule has 0 bridgehead atoms. The van der Waals surface area contributed by atoms with Gasteiger partial charge >= 0.3 is 0 Å². The number of non-ortho nitro benzene ring substituents is 1. The number of nitriles is 1. The highest BCUT2D eigenvalue weighted by Crippen LogP contribution is 2.26. The second kappa shape index (κ2) is 7.01. The van der Waals surface area contributed by atoms with Crippen molar-refractivity contribution < 1.29 is 14.1 Å². The fourth-order valence-corrected chi connectivity index (χ4v) is 2.73. The van der Waals surface area contributed by atoms with Crippen molar-refractivity contribution >= 4 is 17.7 Å². The maximum atomic E-state index is 12.3. The van der Waals surface area contributed by atoms with Gasteiger partial charge < -0.3 is 9.32 Å². The van der Waals surface area contributed by atoms with Gasteiger partial charge in [0, 0.05) is 36.9 Å². The number of carbonyl (C=O) groups excluding carboxylic acids is 1. The standard InChI is InChI=1S/C18H15N3O4/c19-12-14(18(22)20-8-1-2-9-20)11-16-6-7-17(25-16)13-4-3-5-15(10-13)21(23)24/h3-7,10-11H,1-2,8-9H2/b14-11+. The van der Waals surface area contributed by atoms with E-state index in [1.807, 2.05) is 6.07 Å². The van der Waals surface area contributed by atoms with Crippen molar-refractivity contribution in [2.75, 3.05) is 13.1 Å². The predicted molar refractivity (Wildman–Crippen MR) is 90.2 cm³/mol. The van der Waals surface area contributed by atoms with Crippen LogP contribution in [0.1, 0.15) is 18.6 Å². The van der Waals surface area contributed by atoms with Crippen molar-refractivity contribution in [1.82, 2.24) is 4.90 Å². The first kappa shape index (κ1) is 16.5. The summed E-state index contributed by atoms with van der Waals surface area (Å²) in [5.74, 6) is 0.486. The molecule has 0 atom stereocenters. The molecular weight excluding hydrogens is 322 g/mol. The molecule has 1 aliphatic rings. The summed E-state index contributed by atoms with van der Waals surface area (Å²) in [7, 11) is 0. The van der Waals surface area contributed by atoms with Crippen LogP contribution in [0.2, 0.25) is 0 Å². The van der Waals surface area contributed by atoms with E-state index in [2.05, 4.69) is 0 Å². The first-order valence-corrected chi connectivity index (χ1v) is 7.84. The molecule has 0 unspecified atom stereocenters. The molecule has 2 heterocycles. The number of benzene rings is 1. The Morgan fingerprint density at radius 1 is 1.28 bits per heavy atom. The van der Waals surface area contributed by atoms with E-state index in [0.717, 1.165) is 12.8 Å². The van der Waals surface area contributed by atoms with Gasteiger partial charge in [0.05, 0.1) is 4.92 Å². The van der Waals surface area contributed by atoms with E-state index < -0.39 is 4.92 Å². The minimum atomic E-state index is -0.476. The van der Waals surface area contributed by atoms with Crippen LogP contribution in [0.5, 0.6) is 0 Å². The Morgan fingerprint density at radius 2 is 2.04 bits per heavy atom. The lowest BCUT2D eigenvalue weighted by molar-refractivity contribution is -0.384. The van der Waals surface area contributed by atoms with Gasteiger partial charge in [-0.05, 0) is 25.0 Å². The van der Waals surface area contributed by atoms with Crippen LogP contribution in [0.25, 0.3) is 17.4 Å². The summed E-state index contributed by atoms with van der Waals surface area (Å²) in [6.45, 7) is 1.32. The van der Waals surface area contributed by atoms with Gasteiger partial charge in [-0.3, -0.25) is 14.9 Å². The molecule has 1 amide bonds. The fraction of sp³-hybridized carbons (Fsp3) is 0.222. The Bertz CT molecular complexity index is 886. The van der Waals surface area contributed by atoms with Crippen LogP contribution in [0.3, 0.4) is 0 Å². The molecule has 7 nitrogen and oxygen atoms in total. The topological polar surface area (TPSA) is 100 Å². The Balaban J connectivity index is 1.85. The van der Waals surface area contributed by atoms with Gasteiger partial charge in [0.1, 0.15) is 23.2 Å². The Hall–Kier alpha value is -3.40. The number of amides is 1. The molecule has 0 aliphatic carbocycles. The molecule has 1 aliphatic heterocycles. The van der Waals surface area contributed by atoms with E-state index in [-0.39, 0.29) is 17.2 Å². The lowest BCUT2D eigenvalue weighted by Gasteiger charge is -2.13. The summed E-state index contributed by atoms with van der Waals surface area (Å²) < 4.78 is 5.63. The number of hydrogen-bond donors (Lipinski definition) is 0. The van der Waals surface area contributed by atoms with Crippen molar-refractivity contribution in [2.45, 2.75) is 12.8 Å². The average Bonchev–Trinajstić information content (AvgIpc) is 3.31. The summed E-state index contributed by atoms with van der Waals surface area (Å²) in [5, 5.41) is 20.1. The molecule has 1 saturated heterocycles. The van der Waals surface area contributed by atoms with Crippen molar-refractivity contribution in [3.05, 3.63) is 57.8 Å². The largest absolute Gasteiger partial charge is 0.457 e. The highest BCUT2D eigenvalue weighted by Gasteiger charge is 2.21. The average molecular weight is 337 g/mol. The Morgan fingerprint density at radius 3 is 2.72 bits per heavy atom. The normalized spacial score (nSPS) is 14.4. The molecule has 25 heavy (non-hydrogen) atoms. The molecule has 0 spiro atoms. The van der Waals surface area contributed by atoms with Crippen molar-refractivity contribution in [2.24, 2.45) is 0 Å². The molecule has 1 aromatic heterocycles. The minimum Gasteiger partial charge on any atom is -0.457 e. The van der Waals surface area contributed by atoms with E-state index in [1.165, 1.54) is 18.2 Å². The van der Waals surface area contributed by atoms with Gasteiger partial charge in [-0.1, -0.05) is 12.1 Å². The van der Waals surface area contributed by atoms with Crippen molar-refractivity contribution in [1.29, 1.82) is 5.26 Å². The quantitative estimate of drug-likeness (QED) is 0.368. The molecule has 0 saturated carbocycles. The number of nitro groups is 1. The first-order chi connectivity index (χ1) is 12.1. The second-order valence-corrected chi connectivity index (χ2v) is 5.68. The Labute approximate surface area is 143 Å². The zero-order valence-electron chi connectivity index (χ0n) is 13.3. The van der Waals surface area contributed by atoms with Gasteiger partial charge in [-0.2, -0.15) is 5.26 Å². The van der Waals surface area contributed by atoms with Gasteiger partial charge in [-0.15, -0.1) is 0 Å². The second-order valence-electron chi connectivity index (χ2n) is 5.68. The summed E-state index contributed by atoms with van der Waals surface area (Å²) in [6, 6.07) is 11.3. The number of hydrogen-bond acceptors (Lipinski definition) is 5. The molecule has 7 heteroatoms. The van der Waals surface area contributed by atoms with E-state index in [4.69, 9.17) is 4.42 Å². The van der Waals surface area contributed by atoms with Crippen LogP contribution < -0.4 is 0 Å².